The van der Waals surface area contributed by atoms with Gasteiger partial charge in [0.15, 0.2) is 0 Å². The molecule has 0 saturated heterocycles. The molecule has 136 valence electrons. The molecule has 26 heavy (non-hydrogen) atoms. The summed E-state index contributed by atoms with van der Waals surface area (Å²) >= 11 is 7.34. The summed E-state index contributed by atoms with van der Waals surface area (Å²) in [5.74, 6) is -0.544. The maximum Gasteiger partial charge on any atom is 0.279 e. The van der Waals surface area contributed by atoms with E-state index in [-0.39, 0.29) is 16.3 Å². The number of hydrazine groups is 1. The van der Waals surface area contributed by atoms with Crippen molar-refractivity contribution in [2.75, 3.05) is 0 Å². The molecule has 0 fully saturated rings. The normalized spacial score (nSPS) is 15.8. The number of halogens is 1. The predicted molar refractivity (Wildman–Crippen MR) is 98.5 cm³/mol. The van der Waals surface area contributed by atoms with E-state index in [9.17, 15) is 19.7 Å². The van der Waals surface area contributed by atoms with Crippen LogP contribution in [0.5, 0.6) is 0 Å². The molecule has 0 spiro atoms. The van der Waals surface area contributed by atoms with Crippen LogP contribution in [0.25, 0.3) is 0 Å². The lowest BCUT2D eigenvalue weighted by molar-refractivity contribution is -0.384. The molecular weight excluding hydrogens is 378 g/mol. The van der Waals surface area contributed by atoms with Crippen molar-refractivity contribution in [3.05, 3.63) is 60.3 Å². The third-order valence-corrected chi connectivity index (χ3v) is 5.81. The van der Waals surface area contributed by atoms with Crippen LogP contribution < -0.4 is 10.9 Å². The van der Waals surface area contributed by atoms with Crippen molar-refractivity contribution in [1.82, 2.24) is 10.9 Å². The van der Waals surface area contributed by atoms with Gasteiger partial charge in [0.05, 0.1) is 20.4 Å². The summed E-state index contributed by atoms with van der Waals surface area (Å²) in [6.07, 6.45) is 3.02. The Balaban J connectivity index is 1.67. The lowest BCUT2D eigenvalue weighted by Crippen LogP contribution is -2.41. The Bertz CT molecular complexity index is 896. The molecule has 2 aromatic rings. The van der Waals surface area contributed by atoms with Gasteiger partial charge < -0.3 is 0 Å². The highest BCUT2D eigenvalue weighted by Crippen LogP contribution is 2.32. The lowest BCUT2D eigenvalue weighted by Gasteiger charge is -2.16. The number of hydrogen-bond acceptors (Lipinski definition) is 5. The molecular formula is C17H16ClN3O4S. The molecule has 1 aromatic carbocycles. The molecule has 0 radical (unpaired) electrons. The van der Waals surface area contributed by atoms with Gasteiger partial charge in [-0.15, -0.1) is 11.3 Å². The summed E-state index contributed by atoms with van der Waals surface area (Å²) in [7, 11) is 0. The Labute approximate surface area is 158 Å². The van der Waals surface area contributed by atoms with Crippen LogP contribution >= 0.6 is 22.9 Å². The van der Waals surface area contributed by atoms with Crippen LogP contribution in [-0.2, 0) is 12.8 Å². The van der Waals surface area contributed by atoms with E-state index >= 15 is 0 Å². The van der Waals surface area contributed by atoms with Gasteiger partial charge >= 0.3 is 0 Å². The molecule has 0 unspecified atom stereocenters. The van der Waals surface area contributed by atoms with Gasteiger partial charge in [-0.1, -0.05) is 18.5 Å². The molecule has 7 nitrogen and oxygen atoms in total. The highest BCUT2D eigenvalue weighted by Gasteiger charge is 2.21. The van der Waals surface area contributed by atoms with Crippen LogP contribution in [0.1, 0.15) is 43.8 Å². The second-order valence-electron chi connectivity index (χ2n) is 6.24. The Hall–Kier alpha value is -2.45. The van der Waals surface area contributed by atoms with Gasteiger partial charge in [0.2, 0.25) is 0 Å². The number of hydrogen-bond donors (Lipinski definition) is 2. The number of nitro benzene ring substituents is 1. The van der Waals surface area contributed by atoms with Crippen molar-refractivity contribution in [3.63, 3.8) is 0 Å². The second kappa shape index (κ2) is 7.43. The van der Waals surface area contributed by atoms with Crippen LogP contribution in [0, 0.1) is 16.0 Å². The van der Waals surface area contributed by atoms with Gasteiger partial charge in [-0.2, -0.15) is 0 Å². The minimum atomic E-state index is -0.720. The molecule has 0 aliphatic heterocycles. The summed E-state index contributed by atoms with van der Waals surface area (Å²) < 4.78 is 0. The van der Waals surface area contributed by atoms with E-state index in [0.717, 1.165) is 25.3 Å². The standard InChI is InChI=1S/C17H16ClN3O4S/c1-9-2-5-14-10(6-9)7-15(26-14)17(23)20-19-16(22)12-8-11(21(24)25)3-4-13(12)18/h3-4,7-9H,2,5-6H2,1H3,(H,19,22)(H,20,23)/t9-/m1/s1. The Morgan fingerprint density at radius 1 is 1.27 bits per heavy atom. The number of fused-ring (bicyclic) bond motifs is 1. The number of non-ortho nitro benzene ring substituents is 1. The van der Waals surface area contributed by atoms with E-state index in [4.69, 9.17) is 11.6 Å². The topological polar surface area (TPSA) is 101 Å². The zero-order chi connectivity index (χ0) is 18.8. The van der Waals surface area contributed by atoms with E-state index in [1.165, 1.54) is 33.9 Å². The zero-order valence-electron chi connectivity index (χ0n) is 13.9. The van der Waals surface area contributed by atoms with Crippen molar-refractivity contribution in [2.24, 2.45) is 5.92 Å². The summed E-state index contributed by atoms with van der Waals surface area (Å²) in [6, 6.07) is 5.40. The fraction of sp³-hybridized carbons (Fsp3) is 0.294. The van der Waals surface area contributed by atoms with Gasteiger partial charge in [-0.05, 0) is 42.9 Å². The van der Waals surface area contributed by atoms with Crippen LogP contribution in [0.4, 0.5) is 5.69 Å². The van der Waals surface area contributed by atoms with Gasteiger partial charge in [0.25, 0.3) is 17.5 Å². The highest BCUT2D eigenvalue weighted by molar-refractivity contribution is 7.14. The Morgan fingerprint density at radius 3 is 2.73 bits per heavy atom. The zero-order valence-corrected chi connectivity index (χ0v) is 15.4. The minimum Gasteiger partial charge on any atom is -0.267 e. The summed E-state index contributed by atoms with van der Waals surface area (Å²) in [6.45, 7) is 2.18. The first-order valence-corrected chi connectivity index (χ1v) is 9.21. The number of nitrogens with one attached hydrogen (secondary N) is 2. The number of amides is 2. The first-order valence-electron chi connectivity index (χ1n) is 8.01. The van der Waals surface area contributed by atoms with Crippen molar-refractivity contribution in [2.45, 2.75) is 26.2 Å². The van der Waals surface area contributed by atoms with Crippen molar-refractivity contribution < 1.29 is 14.5 Å². The van der Waals surface area contributed by atoms with Crippen molar-refractivity contribution in [3.8, 4) is 0 Å². The molecule has 1 aliphatic carbocycles. The number of nitrogens with zero attached hydrogens (tertiary/aromatic N) is 1. The summed E-state index contributed by atoms with van der Waals surface area (Å²) in [4.78, 5) is 36.4. The van der Waals surface area contributed by atoms with E-state index in [1.54, 1.807) is 0 Å². The Kier molecular flexibility index (Phi) is 5.24. The van der Waals surface area contributed by atoms with E-state index in [0.29, 0.717) is 10.8 Å². The maximum atomic E-state index is 12.3. The van der Waals surface area contributed by atoms with Crippen LogP contribution in [0.2, 0.25) is 5.02 Å². The molecule has 1 heterocycles. The van der Waals surface area contributed by atoms with Gasteiger partial charge in [-0.3, -0.25) is 30.6 Å². The molecule has 3 rings (SSSR count). The lowest BCUT2D eigenvalue weighted by atomic mass is 9.90. The fourth-order valence-electron chi connectivity index (χ4n) is 2.86. The largest absolute Gasteiger partial charge is 0.279 e. The van der Waals surface area contributed by atoms with Crippen molar-refractivity contribution in [1.29, 1.82) is 0 Å². The monoisotopic (exact) mass is 393 g/mol. The first kappa shape index (κ1) is 18.3. The number of aryl methyl sites for hydroxylation is 1. The number of nitro groups is 1. The smallest absolute Gasteiger partial charge is 0.267 e. The minimum absolute atomic E-state index is 0.0583. The number of carbonyl (C=O) groups is 2. The summed E-state index contributed by atoms with van der Waals surface area (Å²) in [5, 5.41) is 10.9. The van der Waals surface area contributed by atoms with Gasteiger partial charge in [0.1, 0.15) is 0 Å². The van der Waals surface area contributed by atoms with E-state index < -0.39 is 16.7 Å². The third kappa shape index (κ3) is 3.86. The SMILES string of the molecule is C[C@@H]1CCc2sc(C(=O)NNC(=O)c3cc([N+](=O)[O-])ccc3Cl)cc2C1. The molecule has 9 heteroatoms. The summed E-state index contributed by atoms with van der Waals surface area (Å²) in [5.41, 5.74) is 5.44. The quantitative estimate of drug-likeness (QED) is 0.615. The Morgan fingerprint density at radius 2 is 2.00 bits per heavy atom. The molecule has 2 N–H and O–H groups in total. The van der Waals surface area contributed by atoms with Crippen LogP contribution in [0.15, 0.2) is 24.3 Å². The van der Waals surface area contributed by atoms with Gasteiger partial charge in [0, 0.05) is 17.0 Å². The molecule has 2 amide bonds. The predicted octanol–water partition coefficient (Wildman–Crippen LogP) is 3.51. The number of rotatable bonds is 3. The molecule has 1 aliphatic rings. The average molecular weight is 394 g/mol. The molecule has 1 aromatic heterocycles. The second-order valence-corrected chi connectivity index (χ2v) is 7.78. The molecule has 0 bridgehead atoms. The molecule has 1 atom stereocenters. The van der Waals surface area contributed by atoms with Gasteiger partial charge in [-0.25, -0.2) is 0 Å². The highest BCUT2D eigenvalue weighted by atomic mass is 35.5. The first-order chi connectivity index (χ1) is 12.3. The number of thiophene rings is 1. The fourth-order valence-corrected chi connectivity index (χ4v) is 4.17. The van der Waals surface area contributed by atoms with Crippen molar-refractivity contribution >= 4 is 40.4 Å². The average Bonchev–Trinajstić information content (AvgIpc) is 3.02. The number of benzene rings is 1. The van der Waals surface area contributed by atoms with Crippen LogP contribution in [0.3, 0.4) is 0 Å². The van der Waals surface area contributed by atoms with E-state index in [2.05, 4.69) is 17.8 Å². The van der Waals surface area contributed by atoms with Crippen LogP contribution in [-0.4, -0.2) is 16.7 Å². The van der Waals surface area contributed by atoms with E-state index in [1.807, 2.05) is 6.07 Å². The third-order valence-electron chi connectivity index (χ3n) is 4.25. The number of carbonyl (C=O) groups excluding carboxylic acids is 2. The maximum absolute atomic E-state index is 12.3. The molecule has 0 saturated carbocycles.